The van der Waals surface area contributed by atoms with E-state index in [0.29, 0.717) is 6.54 Å². The van der Waals surface area contributed by atoms with Gasteiger partial charge in [0.1, 0.15) is 11.5 Å². The number of nitrogens with two attached hydrogens (primary N) is 1. The first-order valence-corrected chi connectivity index (χ1v) is 6.08. The molecule has 0 amide bonds. The Kier molecular flexibility index (Phi) is 4.99. The fourth-order valence-electron chi connectivity index (χ4n) is 1.77. The quantitative estimate of drug-likeness (QED) is 0.811. The summed E-state index contributed by atoms with van der Waals surface area (Å²) in [6.07, 6.45) is 0. The molecule has 0 atom stereocenters. The maximum Gasteiger partial charge on any atom is 0.123 e. The van der Waals surface area contributed by atoms with Crippen molar-refractivity contribution in [1.82, 2.24) is 5.32 Å². The number of nitrogens with one attached hydrogen (secondary N) is 1. The van der Waals surface area contributed by atoms with Gasteiger partial charge < -0.3 is 20.5 Å². The Bertz CT molecular complexity index is 398. The summed E-state index contributed by atoms with van der Waals surface area (Å²) in [7, 11) is 3.35. The van der Waals surface area contributed by atoms with Gasteiger partial charge in [-0.05, 0) is 38.5 Å². The molecule has 1 aromatic carbocycles. The van der Waals surface area contributed by atoms with Crippen LogP contribution in [-0.4, -0.2) is 26.3 Å². The van der Waals surface area contributed by atoms with Crippen molar-refractivity contribution >= 4 is 0 Å². The molecule has 3 N–H and O–H groups in total. The van der Waals surface area contributed by atoms with E-state index in [1.807, 2.05) is 32.9 Å². The van der Waals surface area contributed by atoms with Crippen LogP contribution in [0.5, 0.6) is 11.5 Å². The highest BCUT2D eigenvalue weighted by atomic mass is 16.5. The second-order valence-electron chi connectivity index (χ2n) is 5.23. The molecule has 0 heterocycles. The van der Waals surface area contributed by atoms with Crippen molar-refractivity contribution in [2.45, 2.75) is 32.9 Å². The van der Waals surface area contributed by atoms with Crippen LogP contribution in [0.25, 0.3) is 0 Å². The molecule has 0 unspecified atom stereocenters. The Morgan fingerprint density at radius 1 is 1.17 bits per heavy atom. The molecular formula is C14H24N2O2. The SMILES string of the molecule is COc1cc(CNCC(C)(C)N)c(OC)cc1C. The van der Waals surface area contributed by atoms with Crippen LogP contribution in [0.4, 0.5) is 0 Å². The standard InChI is InChI=1S/C14H24N2O2/c1-10-6-13(18-5)11(7-12(10)17-4)8-16-9-14(2,3)15/h6-7,16H,8-9,15H2,1-5H3. The van der Waals surface area contributed by atoms with Gasteiger partial charge in [0.2, 0.25) is 0 Å². The van der Waals surface area contributed by atoms with E-state index in [4.69, 9.17) is 15.2 Å². The number of ether oxygens (including phenoxy) is 2. The van der Waals surface area contributed by atoms with Gasteiger partial charge in [0.05, 0.1) is 14.2 Å². The van der Waals surface area contributed by atoms with Crippen molar-refractivity contribution in [3.63, 3.8) is 0 Å². The van der Waals surface area contributed by atoms with Gasteiger partial charge in [0, 0.05) is 24.2 Å². The molecule has 4 heteroatoms. The van der Waals surface area contributed by atoms with Crippen LogP contribution in [0.15, 0.2) is 12.1 Å². The second-order valence-corrected chi connectivity index (χ2v) is 5.23. The number of methoxy groups -OCH3 is 2. The Morgan fingerprint density at radius 2 is 1.78 bits per heavy atom. The van der Waals surface area contributed by atoms with E-state index in [-0.39, 0.29) is 5.54 Å². The predicted octanol–water partition coefficient (Wildman–Crippen LogP) is 1.84. The monoisotopic (exact) mass is 252 g/mol. The van der Waals surface area contributed by atoms with Crippen LogP contribution < -0.4 is 20.5 Å². The van der Waals surface area contributed by atoms with Gasteiger partial charge >= 0.3 is 0 Å². The molecule has 0 aromatic heterocycles. The van der Waals surface area contributed by atoms with E-state index in [0.717, 1.165) is 29.2 Å². The van der Waals surface area contributed by atoms with E-state index in [1.54, 1.807) is 14.2 Å². The molecule has 0 saturated heterocycles. The average Bonchev–Trinajstić information content (AvgIpc) is 2.28. The fraction of sp³-hybridized carbons (Fsp3) is 0.571. The molecule has 102 valence electrons. The lowest BCUT2D eigenvalue weighted by Crippen LogP contribution is -2.42. The largest absolute Gasteiger partial charge is 0.496 e. The second kappa shape index (κ2) is 6.07. The number of aryl methyl sites for hydroxylation is 1. The van der Waals surface area contributed by atoms with Gasteiger partial charge in [-0.15, -0.1) is 0 Å². The van der Waals surface area contributed by atoms with Gasteiger partial charge in [-0.25, -0.2) is 0 Å². The maximum absolute atomic E-state index is 5.93. The van der Waals surface area contributed by atoms with Crippen LogP contribution in [0, 0.1) is 6.92 Å². The molecule has 0 spiro atoms. The molecule has 1 aromatic rings. The summed E-state index contributed by atoms with van der Waals surface area (Å²) < 4.78 is 10.7. The number of hydrogen-bond acceptors (Lipinski definition) is 4. The zero-order chi connectivity index (χ0) is 13.8. The van der Waals surface area contributed by atoms with Gasteiger partial charge in [-0.2, -0.15) is 0 Å². The molecule has 0 aliphatic carbocycles. The molecule has 4 nitrogen and oxygen atoms in total. The zero-order valence-electron chi connectivity index (χ0n) is 12.0. The maximum atomic E-state index is 5.93. The summed E-state index contributed by atoms with van der Waals surface area (Å²) in [6.45, 7) is 7.44. The van der Waals surface area contributed by atoms with Crippen molar-refractivity contribution < 1.29 is 9.47 Å². The summed E-state index contributed by atoms with van der Waals surface area (Å²) in [5, 5.41) is 3.33. The molecule has 0 saturated carbocycles. The van der Waals surface area contributed by atoms with Gasteiger partial charge in [-0.1, -0.05) is 0 Å². The van der Waals surface area contributed by atoms with Crippen molar-refractivity contribution in [3.8, 4) is 11.5 Å². The third-order valence-corrected chi connectivity index (χ3v) is 2.69. The van der Waals surface area contributed by atoms with Crippen LogP contribution >= 0.6 is 0 Å². The zero-order valence-corrected chi connectivity index (χ0v) is 12.0. The Hall–Kier alpha value is -1.26. The van der Waals surface area contributed by atoms with Gasteiger partial charge in [-0.3, -0.25) is 0 Å². The number of benzene rings is 1. The van der Waals surface area contributed by atoms with Crippen LogP contribution in [-0.2, 0) is 6.54 Å². The Morgan fingerprint density at radius 3 is 2.28 bits per heavy atom. The first-order valence-electron chi connectivity index (χ1n) is 6.08. The molecule has 1 rings (SSSR count). The third kappa shape index (κ3) is 4.20. The molecule has 0 aliphatic heterocycles. The summed E-state index contributed by atoms with van der Waals surface area (Å²) in [6, 6.07) is 3.99. The van der Waals surface area contributed by atoms with Crippen LogP contribution in [0.2, 0.25) is 0 Å². The molecule has 0 fully saturated rings. The van der Waals surface area contributed by atoms with Gasteiger partial charge in [0.25, 0.3) is 0 Å². The van der Waals surface area contributed by atoms with Crippen LogP contribution in [0.3, 0.4) is 0 Å². The summed E-state index contributed by atoms with van der Waals surface area (Å²) in [4.78, 5) is 0. The van der Waals surface area contributed by atoms with Crippen molar-refractivity contribution in [2.24, 2.45) is 5.73 Å². The van der Waals surface area contributed by atoms with Crippen LogP contribution in [0.1, 0.15) is 25.0 Å². The fourth-order valence-corrected chi connectivity index (χ4v) is 1.77. The normalized spacial score (nSPS) is 11.4. The number of hydrogen-bond donors (Lipinski definition) is 2. The Balaban J connectivity index is 2.80. The third-order valence-electron chi connectivity index (χ3n) is 2.69. The number of rotatable bonds is 6. The lowest BCUT2D eigenvalue weighted by molar-refractivity contribution is 0.392. The molecule has 0 aliphatic rings. The molecule has 0 bridgehead atoms. The summed E-state index contributed by atoms with van der Waals surface area (Å²) in [5.74, 6) is 1.75. The summed E-state index contributed by atoms with van der Waals surface area (Å²) in [5.41, 5.74) is 7.85. The first kappa shape index (κ1) is 14.8. The average molecular weight is 252 g/mol. The lowest BCUT2D eigenvalue weighted by atomic mass is 10.1. The molecule has 18 heavy (non-hydrogen) atoms. The highest BCUT2D eigenvalue weighted by Gasteiger charge is 2.12. The van der Waals surface area contributed by atoms with E-state index in [1.165, 1.54) is 0 Å². The smallest absolute Gasteiger partial charge is 0.123 e. The minimum Gasteiger partial charge on any atom is -0.496 e. The molecule has 0 radical (unpaired) electrons. The highest BCUT2D eigenvalue weighted by Crippen LogP contribution is 2.28. The first-order chi connectivity index (χ1) is 8.37. The van der Waals surface area contributed by atoms with Crippen molar-refractivity contribution in [2.75, 3.05) is 20.8 Å². The van der Waals surface area contributed by atoms with E-state index < -0.39 is 0 Å². The Labute approximate surface area is 109 Å². The van der Waals surface area contributed by atoms with Crippen molar-refractivity contribution in [3.05, 3.63) is 23.3 Å². The highest BCUT2D eigenvalue weighted by molar-refractivity contribution is 5.45. The van der Waals surface area contributed by atoms with E-state index in [9.17, 15) is 0 Å². The molecular weight excluding hydrogens is 228 g/mol. The van der Waals surface area contributed by atoms with Gasteiger partial charge in [0.15, 0.2) is 0 Å². The predicted molar refractivity (Wildman–Crippen MR) is 74.3 cm³/mol. The van der Waals surface area contributed by atoms with E-state index in [2.05, 4.69) is 5.32 Å². The lowest BCUT2D eigenvalue weighted by Gasteiger charge is -2.20. The van der Waals surface area contributed by atoms with E-state index >= 15 is 0 Å². The topological polar surface area (TPSA) is 56.5 Å². The summed E-state index contributed by atoms with van der Waals surface area (Å²) >= 11 is 0. The minimum absolute atomic E-state index is 0.220. The van der Waals surface area contributed by atoms with Crippen molar-refractivity contribution in [1.29, 1.82) is 0 Å². The minimum atomic E-state index is -0.220.